The Bertz CT molecular complexity index is 289. The Morgan fingerprint density at radius 2 is 1.64 bits per heavy atom. The van der Waals surface area contributed by atoms with Crippen molar-refractivity contribution in [1.82, 2.24) is 0 Å². The highest BCUT2D eigenvalue weighted by atomic mass is 28.3. The lowest BCUT2D eigenvalue weighted by atomic mass is 10.2. The summed E-state index contributed by atoms with van der Waals surface area (Å²) in [6, 6.07) is 8.61. The van der Waals surface area contributed by atoms with Crippen molar-refractivity contribution in [1.29, 1.82) is 0 Å². The topological polar surface area (TPSA) is 18.5 Å². The average molecular weight is 207 g/mol. The van der Waals surface area contributed by atoms with Gasteiger partial charge in [0.05, 0.1) is 22.0 Å². The second kappa shape index (κ2) is 4.25. The number of hydrogen-bond acceptors (Lipinski definition) is 2. The van der Waals surface area contributed by atoms with E-state index in [9.17, 15) is 0 Å². The molecule has 0 spiro atoms. The lowest BCUT2D eigenvalue weighted by molar-refractivity contribution is -0.0441. The summed E-state index contributed by atoms with van der Waals surface area (Å²) in [6.45, 7) is 6.01. The molecular formula is C11H15O2Si. The number of rotatable bonds is 2. The van der Waals surface area contributed by atoms with Gasteiger partial charge in [-0.3, -0.25) is 0 Å². The molecule has 1 aliphatic rings. The fourth-order valence-electron chi connectivity index (χ4n) is 1.52. The van der Waals surface area contributed by atoms with Crippen LogP contribution < -0.4 is 5.19 Å². The van der Waals surface area contributed by atoms with Gasteiger partial charge in [0.15, 0.2) is 6.29 Å². The van der Waals surface area contributed by atoms with Gasteiger partial charge < -0.3 is 9.47 Å². The highest BCUT2D eigenvalue weighted by molar-refractivity contribution is 6.70. The van der Waals surface area contributed by atoms with Crippen LogP contribution in [0.1, 0.15) is 11.9 Å². The predicted octanol–water partition coefficient (Wildman–Crippen LogP) is 1.69. The molecule has 1 aromatic rings. The first-order valence-electron chi connectivity index (χ1n) is 4.91. The molecule has 75 valence electrons. The Labute approximate surface area is 86.5 Å². The first-order chi connectivity index (χ1) is 6.77. The molecule has 1 aliphatic heterocycles. The summed E-state index contributed by atoms with van der Waals surface area (Å²) < 4.78 is 10.9. The van der Waals surface area contributed by atoms with Crippen molar-refractivity contribution >= 4 is 14.0 Å². The van der Waals surface area contributed by atoms with Gasteiger partial charge in [-0.25, -0.2) is 0 Å². The lowest BCUT2D eigenvalue weighted by Crippen LogP contribution is -2.22. The third-order valence-corrected chi connectivity index (χ3v) is 3.87. The van der Waals surface area contributed by atoms with Crippen LogP contribution in [0.4, 0.5) is 0 Å². The van der Waals surface area contributed by atoms with E-state index in [2.05, 4.69) is 37.4 Å². The molecule has 0 atom stereocenters. The van der Waals surface area contributed by atoms with Gasteiger partial charge in [-0.1, -0.05) is 42.5 Å². The molecule has 0 saturated carbocycles. The van der Waals surface area contributed by atoms with Crippen molar-refractivity contribution in [3.63, 3.8) is 0 Å². The second-order valence-electron chi connectivity index (χ2n) is 3.70. The second-order valence-corrected chi connectivity index (χ2v) is 6.27. The van der Waals surface area contributed by atoms with Crippen LogP contribution in [0.5, 0.6) is 0 Å². The van der Waals surface area contributed by atoms with Crippen molar-refractivity contribution in [3.05, 3.63) is 29.8 Å². The normalized spacial score (nSPS) is 17.9. The van der Waals surface area contributed by atoms with Crippen LogP contribution in [0.3, 0.4) is 0 Å². The summed E-state index contributed by atoms with van der Waals surface area (Å²) in [5.41, 5.74) is 1.13. The minimum atomic E-state index is -0.333. The van der Waals surface area contributed by atoms with Gasteiger partial charge in [0, 0.05) is 5.56 Å². The summed E-state index contributed by atoms with van der Waals surface area (Å²) >= 11 is 0. The van der Waals surface area contributed by atoms with Gasteiger partial charge in [-0.05, 0) is 0 Å². The molecule has 2 nitrogen and oxygen atoms in total. The minimum absolute atomic E-state index is 0.131. The standard InChI is InChI=1S/C11H15O2Si/c1-14(2)10-5-3-9(4-6-10)11-12-7-8-13-11/h3-6,11H,7-8H2,1-2H3. The highest BCUT2D eigenvalue weighted by Gasteiger charge is 2.17. The van der Waals surface area contributed by atoms with Crippen molar-refractivity contribution in [2.45, 2.75) is 19.4 Å². The minimum Gasteiger partial charge on any atom is -0.346 e. The Balaban J connectivity index is 2.12. The summed E-state index contributed by atoms with van der Waals surface area (Å²) in [6.07, 6.45) is -0.131. The molecule has 1 saturated heterocycles. The fraction of sp³-hybridized carbons (Fsp3) is 0.455. The first kappa shape index (κ1) is 9.89. The Hall–Kier alpha value is -0.643. The van der Waals surface area contributed by atoms with E-state index in [0.717, 1.165) is 5.56 Å². The maximum Gasteiger partial charge on any atom is 0.184 e. The molecule has 0 bridgehead atoms. The maximum absolute atomic E-state index is 5.43. The molecule has 0 aromatic heterocycles. The largest absolute Gasteiger partial charge is 0.346 e. The van der Waals surface area contributed by atoms with Crippen LogP contribution in [0.2, 0.25) is 13.1 Å². The van der Waals surface area contributed by atoms with Crippen molar-refractivity contribution in [2.24, 2.45) is 0 Å². The zero-order chi connectivity index (χ0) is 9.97. The molecule has 1 fully saturated rings. The number of hydrogen-bond donors (Lipinski definition) is 0. The number of benzene rings is 1. The van der Waals surface area contributed by atoms with Crippen LogP contribution in [-0.2, 0) is 9.47 Å². The number of ether oxygens (including phenoxy) is 2. The fourth-order valence-corrected chi connectivity index (χ4v) is 2.36. The van der Waals surface area contributed by atoms with E-state index >= 15 is 0 Å². The highest BCUT2D eigenvalue weighted by Crippen LogP contribution is 2.21. The van der Waals surface area contributed by atoms with Crippen molar-refractivity contribution in [3.8, 4) is 0 Å². The molecule has 0 aliphatic carbocycles. The zero-order valence-electron chi connectivity index (χ0n) is 8.62. The van der Waals surface area contributed by atoms with Crippen LogP contribution in [-0.4, -0.2) is 22.0 Å². The Morgan fingerprint density at radius 1 is 1.07 bits per heavy atom. The average Bonchev–Trinajstić information content (AvgIpc) is 2.71. The van der Waals surface area contributed by atoms with E-state index in [-0.39, 0.29) is 15.1 Å². The monoisotopic (exact) mass is 207 g/mol. The zero-order valence-corrected chi connectivity index (χ0v) is 9.62. The van der Waals surface area contributed by atoms with E-state index in [0.29, 0.717) is 13.2 Å². The van der Waals surface area contributed by atoms with Crippen LogP contribution in [0.15, 0.2) is 24.3 Å². The third kappa shape index (κ3) is 2.05. The van der Waals surface area contributed by atoms with Gasteiger partial charge >= 0.3 is 0 Å². The quantitative estimate of drug-likeness (QED) is 0.687. The van der Waals surface area contributed by atoms with Gasteiger partial charge in [0.25, 0.3) is 0 Å². The molecule has 14 heavy (non-hydrogen) atoms. The van der Waals surface area contributed by atoms with Crippen LogP contribution in [0, 0.1) is 0 Å². The van der Waals surface area contributed by atoms with Gasteiger partial charge in [0.1, 0.15) is 0 Å². The maximum atomic E-state index is 5.43. The molecule has 1 radical (unpaired) electrons. The van der Waals surface area contributed by atoms with E-state index in [1.54, 1.807) is 0 Å². The van der Waals surface area contributed by atoms with Crippen molar-refractivity contribution < 1.29 is 9.47 Å². The molecule has 3 heteroatoms. The van der Waals surface area contributed by atoms with Gasteiger partial charge in [-0.2, -0.15) is 0 Å². The molecule has 1 heterocycles. The van der Waals surface area contributed by atoms with E-state index in [4.69, 9.17) is 9.47 Å². The molecule has 1 aromatic carbocycles. The third-order valence-electron chi connectivity index (χ3n) is 2.38. The summed E-state index contributed by atoms with van der Waals surface area (Å²) in [7, 11) is -0.333. The van der Waals surface area contributed by atoms with E-state index in [1.807, 2.05) is 0 Å². The first-order valence-corrected chi connectivity index (χ1v) is 7.41. The van der Waals surface area contributed by atoms with Gasteiger partial charge in [-0.15, -0.1) is 0 Å². The van der Waals surface area contributed by atoms with Crippen LogP contribution in [0.25, 0.3) is 0 Å². The molecule has 2 rings (SSSR count). The summed E-state index contributed by atoms with van der Waals surface area (Å²) in [5, 5.41) is 1.46. The van der Waals surface area contributed by atoms with Gasteiger partial charge in [0.2, 0.25) is 0 Å². The predicted molar refractivity (Wildman–Crippen MR) is 58.2 cm³/mol. The molecular weight excluding hydrogens is 192 g/mol. The molecule has 0 amide bonds. The lowest BCUT2D eigenvalue weighted by Gasteiger charge is -2.10. The smallest absolute Gasteiger partial charge is 0.184 e. The van der Waals surface area contributed by atoms with Crippen molar-refractivity contribution in [2.75, 3.05) is 13.2 Å². The Kier molecular flexibility index (Phi) is 3.01. The molecule has 0 unspecified atom stereocenters. The summed E-state index contributed by atoms with van der Waals surface area (Å²) in [5.74, 6) is 0. The Morgan fingerprint density at radius 3 is 2.14 bits per heavy atom. The SMILES string of the molecule is C[Si](C)c1ccc(C2OCCO2)cc1. The van der Waals surface area contributed by atoms with E-state index in [1.165, 1.54) is 5.19 Å². The molecule has 0 N–H and O–H groups in total. The summed E-state index contributed by atoms with van der Waals surface area (Å²) in [4.78, 5) is 0. The van der Waals surface area contributed by atoms with E-state index < -0.39 is 0 Å². The van der Waals surface area contributed by atoms with Crippen LogP contribution >= 0.6 is 0 Å².